The molecule has 1 aromatic heterocycles. The molecular formula is C19H30N4O. The van der Waals surface area contributed by atoms with E-state index in [2.05, 4.69) is 15.2 Å². The number of hydrogen-bond acceptors (Lipinski definition) is 4. The number of amides is 1. The van der Waals surface area contributed by atoms with Crippen molar-refractivity contribution in [3.8, 4) is 0 Å². The lowest BCUT2D eigenvalue weighted by Gasteiger charge is -2.31. The van der Waals surface area contributed by atoms with Crippen LogP contribution in [0.15, 0.2) is 6.20 Å². The Morgan fingerprint density at radius 1 is 1.25 bits per heavy atom. The Morgan fingerprint density at radius 3 is 2.79 bits per heavy atom. The lowest BCUT2D eigenvalue weighted by molar-refractivity contribution is -0.119. The van der Waals surface area contributed by atoms with Crippen molar-refractivity contribution < 1.29 is 4.79 Å². The van der Waals surface area contributed by atoms with E-state index in [0.717, 1.165) is 29.4 Å². The number of nitrogens with zero attached hydrogens (tertiary/aromatic N) is 3. The van der Waals surface area contributed by atoms with Crippen LogP contribution in [0.5, 0.6) is 0 Å². The maximum Gasteiger partial charge on any atom is 0.217 e. The Bertz CT molecular complexity index is 568. The summed E-state index contributed by atoms with van der Waals surface area (Å²) in [5, 5.41) is 2.90. The molecule has 2 fully saturated rings. The molecule has 1 amide bonds. The quantitative estimate of drug-likeness (QED) is 0.901. The molecule has 0 bridgehead atoms. The fraction of sp³-hybridized carbons (Fsp3) is 0.737. The highest BCUT2D eigenvalue weighted by Gasteiger charge is 2.31. The Kier molecular flexibility index (Phi) is 5.82. The van der Waals surface area contributed by atoms with Gasteiger partial charge in [0.15, 0.2) is 0 Å². The van der Waals surface area contributed by atoms with Gasteiger partial charge in [-0.1, -0.05) is 19.3 Å². The van der Waals surface area contributed by atoms with Crippen LogP contribution in [0.1, 0.15) is 75.0 Å². The zero-order valence-electron chi connectivity index (χ0n) is 15.1. The first kappa shape index (κ1) is 17.3. The summed E-state index contributed by atoms with van der Waals surface area (Å²) in [6, 6.07) is 0.386. The summed E-state index contributed by atoms with van der Waals surface area (Å²) in [5.41, 5.74) is 2.20. The van der Waals surface area contributed by atoms with E-state index in [1.54, 1.807) is 6.92 Å². The molecule has 3 rings (SSSR count). The van der Waals surface area contributed by atoms with Crippen molar-refractivity contribution >= 4 is 5.91 Å². The van der Waals surface area contributed by atoms with Gasteiger partial charge < -0.3 is 5.32 Å². The minimum absolute atomic E-state index is 0.00740. The second-order valence-electron chi connectivity index (χ2n) is 7.39. The molecule has 1 saturated heterocycles. The monoisotopic (exact) mass is 330 g/mol. The molecule has 1 aliphatic heterocycles. The van der Waals surface area contributed by atoms with Gasteiger partial charge in [0.1, 0.15) is 5.82 Å². The van der Waals surface area contributed by atoms with Crippen LogP contribution in [0, 0.1) is 12.8 Å². The summed E-state index contributed by atoms with van der Waals surface area (Å²) in [6.45, 7) is 6.40. The Balaban J connectivity index is 1.75. The Hall–Kier alpha value is -1.49. The van der Waals surface area contributed by atoms with Gasteiger partial charge >= 0.3 is 0 Å². The molecular weight excluding hydrogens is 300 g/mol. The summed E-state index contributed by atoms with van der Waals surface area (Å²) < 4.78 is 0. The molecule has 132 valence electrons. The van der Waals surface area contributed by atoms with Crippen LogP contribution in [0.2, 0.25) is 0 Å². The molecule has 0 radical (unpaired) electrons. The van der Waals surface area contributed by atoms with Crippen LogP contribution >= 0.6 is 0 Å². The Labute approximate surface area is 145 Å². The molecule has 1 aliphatic carbocycles. The molecule has 2 aliphatic rings. The maximum absolute atomic E-state index is 11.3. The standard InChI is InChI=1S/C19H30N4O/c1-14-20-11-17(12-21-15(2)24)19(22-14)18-9-6-10-23(18)13-16-7-4-3-5-8-16/h11,16,18H,3-10,12-13H2,1-2H3,(H,21,24). The van der Waals surface area contributed by atoms with Crippen LogP contribution in [0.4, 0.5) is 0 Å². The van der Waals surface area contributed by atoms with Crippen LogP contribution in [-0.2, 0) is 11.3 Å². The van der Waals surface area contributed by atoms with Crippen molar-refractivity contribution in [3.63, 3.8) is 0 Å². The van der Waals surface area contributed by atoms with Crippen molar-refractivity contribution in [2.75, 3.05) is 13.1 Å². The van der Waals surface area contributed by atoms with Gasteiger partial charge in [-0.05, 0) is 45.1 Å². The van der Waals surface area contributed by atoms with Gasteiger partial charge in [-0.3, -0.25) is 9.69 Å². The van der Waals surface area contributed by atoms with Crippen LogP contribution < -0.4 is 5.32 Å². The molecule has 1 saturated carbocycles. The summed E-state index contributed by atoms with van der Waals surface area (Å²) in [6.07, 6.45) is 11.2. The van der Waals surface area contributed by atoms with Gasteiger partial charge in [-0.25, -0.2) is 9.97 Å². The van der Waals surface area contributed by atoms with Crippen molar-refractivity contribution in [1.29, 1.82) is 0 Å². The number of hydrogen-bond donors (Lipinski definition) is 1. The molecule has 2 heterocycles. The number of aryl methyl sites for hydroxylation is 1. The second-order valence-corrected chi connectivity index (χ2v) is 7.39. The molecule has 5 nitrogen and oxygen atoms in total. The lowest BCUT2D eigenvalue weighted by Crippen LogP contribution is -2.32. The highest BCUT2D eigenvalue weighted by atomic mass is 16.1. The van der Waals surface area contributed by atoms with E-state index in [0.29, 0.717) is 12.6 Å². The fourth-order valence-corrected chi connectivity index (χ4v) is 4.21. The minimum Gasteiger partial charge on any atom is -0.352 e. The molecule has 1 N–H and O–H groups in total. The predicted molar refractivity (Wildman–Crippen MR) is 94.4 cm³/mol. The number of nitrogens with one attached hydrogen (secondary N) is 1. The largest absolute Gasteiger partial charge is 0.352 e. The van der Waals surface area contributed by atoms with Gasteiger partial charge in [-0.2, -0.15) is 0 Å². The first-order valence-corrected chi connectivity index (χ1v) is 9.44. The third-order valence-electron chi connectivity index (χ3n) is 5.44. The highest BCUT2D eigenvalue weighted by Crippen LogP contribution is 2.35. The first-order valence-electron chi connectivity index (χ1n) is 9.44. The topological polar surface area (TPSA) is 58.1 Å². The second kappa shape index (κ2) is 8.06. The van der Waals surface area contributed by atoms with Crippen molar-refractivity contribution in [2.24, 2.45) is 5.92 Å². The molecule has 1 aromatic rings. The maximum atomic E-state index is 11.3. The number of likely N-dealkylation sites (tertiary alicyclic amines) is 1. The van der Waals surface area contributed by atoms with E-state index < -0.39 is 0 Å². The van der Waals surface area contributed by atoms with E-state index in [4.69, 9.17) is 4.98 Å². The van der Waals surface area contributed by atoms with E-state index in [1.165, 1.54) is 51.6 Å². The zero-order valence-corrected chi connectivity index (χ0v) is 15.1. The third kappa shape index (κ3) is 4.32. The molecule has 0 spiro atoms. The number of carbonyl (C=O) groups excluding carboxylic acids is 1. The van der Waals surface area contributed by atoms with Gasteiger partial charge in [0.25, 0.3) is 0 Å². The van der Waals surface area contributed by atoms with E-state index in [1.807, 2.05) is 13.1 Å². The highest BCUT2D eigenvalue weighted by molar-refractivity contribution is 5.72. The first-order chi connectivity index (χ1) is 11.6. The minimum atomic E-state index is -0.00740. The molecule has 1 atom stereocenters. The van der Waals surface area contributed by atoms with Crippen molar-refractivity contribution in [3.05, 3.63) is 23.3 Å². The normalized spacial score (nSPS) is 22.7. The molecule has 0 aromatic carbocycles. The SMILES string of the molecule is CC(=O)NCc1cnc(C)nc1C1CCCN1CC1CCCCC1. The Morgan fingerprint density at radius 2 is 2.04 bits per heavy atom. The van der Waals surface area contributed by atoms with Crippen LogP contribution in [0.25, 0.3) is 0 Å². The molecule has 5 heteroatoms. The summed E-state index contributed by atoms with van der Waals surface area (Å²) in [5.74, 6) is 1.66. The third-order valence-corrected chi connectivity index (χ3v) is 5.44. The summed E-state index contributed by atoms with van der Waals surface area (Å²) in [7, 11) is 0. The average molecular weight is 330 g/mol. The number of aromatic nitrogens is 2. The number of carbonyl (C=O) groups is 1. The number of rotatable bonds is 5. The van der Waals surface area contributed by atoms with E-state index >= 15 is 0 Å². The molecule has 24 heavy (non-hydrogen) atoms. The van der Waals surface area contributed by atoms with Crippen molar-refractivity contribution in [2.45, 2.75) is 71.4 Å². The van der Waals surface area contributed by atoms with E-state index in [-0.39, 0.29) is 5.91 Å². The van der Waals surface area contributed by atoms with Crippen LogP contribution in [-0.4, -0.2) is 33.9 Å². The lowest BCUT2D eigenvalue weighted by atomic mass is 9.88. The van der Waals surface area contributed by atoms with Gasteiger partial charge in [-0.15, -0.1) is 0 Å². The fourth-order valence-electron chi connectivity index (χ4n) is 4.21. The molecule has 1 unspecified atom stereocenters. The average Bonchev–Trinajstić information content (AvgIpc) is 3.02. The van der Waals surface area contributed by atoms with Gasteiger partial charge in [0.05, 0.1) is 11.7 Å². The van der Waals surface area contributed by atoms with Crippen LogP contribution in [0.3, 0.4) is 0 Å². The summed E-state index contributed by atoms with van der Waals surface area (Å²) in [4.78, 5) is 23.0. The smallest absolute Gasteiger partial charge is 0.217 e. The van der Waals surface area contributed by atoms with E-state index in [9.17, 15) is 4.79 Å². The zero-order chi connectivity index (χ0) is 16.9. The summed E-state index contributed by atoms with van der Waals surface area (Å²) >= 11 is 0. The van der Waals surface area contributed by atoms with Gasteiger partial charge in [0, 0.05) is 31.8 Å². The van der Waals surface area contributed by atoms with Crippen molar-refractivity contribution in [1.82, 2.24) is 20.2 Å². The van der Waals surface area contributed by atoms with Gasteiger partial charge in [0.2, 0.25) is 5.91 Å². The predicted octanol–water partition coefficient (Wildman–Crippen LogP) is 3.14.